The van der Waals surface area contributed by atoms with E-state index >= 15 is 0 Å². The van der Waals surface area contributed by atoms with E-state index in [9.17, 15) is 9.90 Å². The number of aryl methyl sites for hydroxylation is 1. The summed E-state index contributed by atoms with van der Waals surface area (Å²) in [4.78, 5) is 12.8. The fourth-order valence-corrected chi connectivity index (χ4v) is 5.38. The molecule has 2 aliphatic rings. The topological polar surface area (TPSA) is 46.5 Å². The van der Waals surface area contributed by atoms with Crippen molar-refractivity contribution in [3.8, 4) is 0 Å². The molecule has 3 unspecified atom stereocenters. The second kappa shape index (κ2) is 8.29. The molecule has 4 nitrogen and oxygen atoms in total. The maximum Gasteiger partial charge on any atom is 0.316 e. The maximum atomic E-state index is 12.8. The summed E-state index contributed by atoms with van der Waals surface area (Å²) in [5.74, 6) is -0.887. The van der Waals surface area contributed by atoms with Crippen LogP contribution in [0.4, 0.5) is 0 Å². The van der Waals surface area contributed by atoms with Gasteiger partial charge in [0.15, 0.2) is 0 Å². The van der Waals surface area contributed by atoms with Crippen molar-refractivity contribution in [2.24, 2.45) is 0 Å². The predicted molar refractivity (Wildman–Crippen MR) is 113 cm³/mol. The number of aliphatic hydroxyl groups excluding tert-OH is 1. The van der Waals surface area contributed by atoms with Crippen LogP contribution in [0, 0.1) is 6.92 Å². The Morgan fingerprint density at radius 3 is 2.28 bits per heavy atom. The fraction of sp³-hybridized carbons (Fsp3) is 0.480. The van der Waals surface area contributed by atoms with Crippen LogP contribution in [-0.2, 0) is 16.1 Å². The Morgan fingerprint density at radius 1 is 1.07 bits per heavy atom. The molecule has 4 heteroatoms. The van der Waals surface area contributed by atoms with Crippen LogP contribution in [0.2, 0.25) is 0 Å². The van der Waals surface area contributed by atoms with E-state index in [2.05, 4.69) is 38.2 Å². The smallest absolute Gasteiger partial charge is 0.316 e. The summed E-state index contributed by atoms with van der Waals surface area (Å²) in [6.07, 6.45) is 4.18. The molecule has 0 spiro atoms. The summed E-state index contributed by atoms with van der Waals surface area (Å²) >= 11 is 0. The lowest BCUT2D eigenvalue weighted by Gasteiger charge is -2.47. The first kappa shape index (κ1) is 20.1. The van der Waals surface area contributed by atoms with Gasteiger partial charge in [-0.15, -0.1) is 0 Å². The van der Waals surface area contributed by atoms with Crippen LogP contribution in [0.5, 0.6) is 0 Å². The standard InChI is InChI=1S/C25H32NO3/c1-18-8-10-19(11-9-18)16-26(2)21-12-13-22(26)15-23(14-21)29-25(28)24(17-27)20-6-4-3-5-7-20/h3-11,21-24,27H,12-17H2,1-2H3/q+1. The van der Waals surface area contributed by atoms with E-state index in [-0.39, 0.29) is 18.7 Å². The van der Waals surface area contributed by atoms with Crippen LogP contribution in [0.25, 0.3) is 0 Å². The quantitative estimate of drug-likeness (QED) is 0.596. The van der Waals surface area contributed by atoms with E-state index in [0.29, 0.717) is 12.1 Å². The van der Waals surface area contributed by atoms with Crippen LogP contribution in [0.15, 0.2) is 54.6 Å². The molecule has 2 bridgehead atoms. The van der Waals surface area contributed by atoms with Crippen LogP contribution < -0.4 is 0 Å². The molecule has 2 fully saturated rings. The zero-order valence-corrected chi connectivity index (χ0v) is 17.5. The van der Waals surface area contributed by atoms with Gasteiger partial charge in [-0.05, 0) is 12.5 Å². The summed E-state index contributed by atoms with van der Waals surface area (Å²) < 4.78 is 6.98. The summed E-state index contributed by atoms with van der Waals surface area (Å²) in [6.45, 7) is 2.95. The number of quaternary nitrogens is 1. The summed E-state index contributed by atoms with van der Waals surface area (Å²) in [5, 5.41) is 9.76. The number of hydrogen-bond donors (Lipinski definition) is 1. The predicted octanol–water partition coefficient (Wildman–Crippen LogP) is 3.95. The van der Waals surface area contributed by atoms with E-state index < -0.39 is 5.92 Å². The number of aliphatic hydroxyl groups is 1. The number of nitrogens with zero attached hydrogens (tertiary/aromatic N) is 1. The molecule has 0 aromatic heterocycles. The molecular weight excluding hydrogens is 362 g/mol. The maximum absolute atomic E-state index is 12.8. The molecule has 4 rings (SSSR count). The highest BCUT2D eigenvalue weighted by Crippen LogP contribution is 2.43. The average molecular weight is 395 g/mol. The first-order valence-corrected chi connectivity index (χ1v) is 10.8. The minimum atomic E-state index is -0.593. The van der Waals surface area contributed by atoms with Crippen molar-refractivity contribution < 1.29 is 19.1 Å². The summed E-state index contributed by atoms with van der Waals surface area (Å²) in [6, 6.07) is 19.4. The van der Waals surface area contributed by atoms with Crippen molar-refractivity contribution in [3.63, 3.8) is 0 Å². The van der Waals surface area contributed by atoms with Crippen LogP contribution >= 0.6 is 0 Å². The molecule has 0 aliphatic carbocycles. The lowest BCUT2D eigenvalue weighted by atomic mass is 9.94. The van der Waals surface area contributed by atoms with Crippen LogP contribution in [0.3, 0.4) is 0 Å². The van der Waals surface area contributed by atoms with Crippen molar-refractivity contribution >= 4 is 5.97 Å². The monoisotopic (exact) mass is 394 g/mol. The van der Waals surface area contributed by atoms with Gasteiger partial charge in [0, 0.05) is 31.2 Å². The van der Waals surface area contributed by atoms with Crippen molar-refractivity contribution in [1.29, 1.82) is 0 Å². The third kappa shape index (κ3) is 4.10. The molecule has 2 saturated heterocycles. The van der Waals surface area contributed by atoms with Gasteiger partial charge in [-0.25, -0.2) is 0 Å². The lowest BCUT2D eigenvalue weighted by molar-refractivity contribution is -0.961. The van der Waals surface area contributed by atoms with Gasteiger partial charge < -0.3 is 14.3 Å². The second-order valence-corrected chi connectivity index (χ2v) is 9.05. The zero-order valence-electron chi connectivity index (χ0n) is 17.5. The molecule has 2 aromatic rings. The highest BCUT2D eigenvalue weighted by atomic mass is 16.5. The molecule has 0 saturated carbocycles. The van der Waals surface area contributed by atoms with Crippen LogP contribution in [-0.4, -0.2) is 47.4 Å². The van der Waals surface area contributed by atoms with Gasteiger partial charge in [-0.2, -0.15) is 0 Å². The third-order valence-electron chi connectivity index (χ3n) is 7.17. The second-order valence-electron chi connectivity index (χ2n) is 9.05. The van der Waals surface area contributed by atoms with Crippen molar-refractivity contribution in [2.45, 2.75) is 63.3 Å². The van der Waals surface area contributed by atoms with Crippen molar-refractivity contribution in [1.82, 2.24) is 0 Å². The Hall–Kier alpha value is -2.17. The summed E-state index contributed by atoms with van der Waals surface area (Å²) in [5.41, 5.74) is 3.50. The van der Waals surface area contributed by atoms with E-state index in [1.807, 2.05) is 30.3 Å². The van der Waals surface area contributed by atoms with Gasteiger partial charge in [0.1, 0.15) is 18.6 Å². The molecular formula is C25H32NO3+. The number of benzene rings is 2. The van der Waals surface area contributed by atoms with E-state index in [1.54, 1.807) is 0 Å². The molecule has 0 amide bonds. The van der Waals surface area contributed by atoms with Crippen LogP contribution in [0.1, 0.15) is 48.3 Å². The SMILES string of the molecule is Cc1ccc(C[N+]2(C)C3CCC2CC(OC(=O)C(CO)c2ccccc2)C3)cc1. The van der Waals surface area contributed by atoms with E-state index in [0.717, 1.165) is 29.4 Å². The minimum absolute atomic E-state index is 0.0398. The normalized spacial score (nSPS) is 29.4. The number of rotatable bonds is 6. The Balaban J connectivity index is 1.42. The first-order valence-electron chi connectivity index (χ1n) is 10.8. The summed E-state index contributed by atoms with van der Waals surface area (Å²) in [7, 11) is 2.38. The van der Waals surface area contributed by atoms with Gasteiger partial charge in [0.25, 0.3) is 0 Å². The number of carbonyl (C=O) groups excluding carboxylic acids is 1. The van der Waals surface area contributed by atoms with Gasteiger partial charge in [0.05, 0.1) is 25.7 Å². The molecule has 2 aliphatic heterocycles. The number of carbonyl (C=O) groups is 1. The molecule has 0 radical (unpaired) electrons. The number of piperidine rings is 1. The number of ether oxygens (including phenoxy) is 1. The van der Waals surface area contributed by atoms with E-state index in [1.165, 1.54) is 24.0 Å². The average Bonchev–Trinajstić information content (AvgIpc) is 2.88. The lowest BCUT2D eigenvalue weighted by Crippen LogP contribution is -2.58. The number of fused-ring (bicyclic) bond motifs is 2. The van der Waals surface area contributed by atoms with Gasteiger partial charge in [-0.3, -0.25) is 4.79 Å². The zero-order chi connectivity index (χ0) is 20.4. The fourth-order valence-electron chi connectivity index (χ4n) is 5.38. The van der Waals surface area contributed by atoms with Gasteiger partial charge >= 0.3 is 5.97 Å². The first-order chi connectivity index (χ1) is 14.0. The Kier molecular flexibility index (Phi) is 5.75. The van der Waals surface area contributed by atoms with Crippen molar-refractivity contribution in [3.05, 3.63) is 71.3 Å². The van der Waals surface area contributed by atoms with Gasteiger partial charge in [0.2, 0.25) is 0 Å². The number of esters is 1. The Morgan fingerprint density at radius 2 is 1.69 bits per heavy atom. The Bertz CT molecular complexity index is 819. The molecule has 2 heterocycles. The van der Waals surface area contributed by atoms with E-state index in [4.69, 9.17) is 4.74 Å². The van der Waals surface area contributed by atoms with Crippen molar-refractivity contribution in [2.75, 3.05) is 13.7 Å². The highest BCUT2D eigenvalue weighted by Gasteiger charge is 2.52. The molecule has 2 aromatic carbocycles. The number of hydrogen-bond acceptors (Lipinski definition) is 3. The molecule has 154 valence electrons. The molecule has 3 atom stereocenters. The molecule has 29 heavy (non-hydrogen) atoms. The minimum Gasteiger partial charge on any atom is -0.461 e. The largest absolute Gasteiger partial charge is 0.461 e. The van der Waals surface area contributed by atoms with Gasteiger partial charge in [-0.1, -0.05) is 60.2 Å². The highest BCUT2D eigenvalue weighted by molar-refractivity contribution is 5.78. The molecule has 1 N–H and O–H groups in total. The third-order valence-corrected chi connectivity index (χ3v) is 7.17. The Labute approximate surface area is 173 Å².